The molecular weight excluding hydrogens is 329 g/mol. The van der Waals surface area contributed by atoms with Gasteiger partial charge >= 0.3 is 6.18 Å². The van der Waals surface area contributed by atoms with Crippen LogP contribution in [0.3, 0.4) is 0 Å². The molecular formula is C19H25F3N2O. The molecule has 0 bridgehead atoms. The Balaban J connectivity index is 1.85. The molecule has 1 saturated carbocycles. The number of carbonyl (C=O) groups excluding carboxylic acids is 1. The fourth-order valence-electron chi connectivity index (χ4n) is 4.36. The summed E-state index contributed by atoms with van der Waals surface area (Å²) in [4.78, 5) is 19.0. The van der Waals surface area contributed by atoms with Crippen molar-refractivity contribution in [2.45, 2.75) is 59.2 Å². The summed E-state index contributed by atoms with van der Waals surface area (Å²) < 4.78 is 38.8. The first-order valence-electron chi connectivity index (χ1n) is 8.98. The van der Waals surface area contributed by atoms with Crippen molar-refractivity contribution in [1.29, 1.82) is 0 Å². The fourth-order valence-corrected chi connectivity index (χ4v) is 4.36. The molecule has 3 rings (SSSR count). The topological polar surface area (TPSA) is 33.2 Å². The van der Waals surface area contributed by atoms with Crippen LogP contribution in [0.1, 0.15) is 56.9 Å². The zero-order valence-electron chi connectivity index (χ0n) is 15.0. The lowest BCUT2D eigenvalue weighted by Crippen LogP contribution is -2.47. The molecule has 2 heterocycles. The van der Waals surface area contributed by atoms with Crippen LogP contribution in [0.25, 0.3) is 0 Å². The van der Waals surface area contributed by atoms with Gasteiger partial charge in [-0.2, -0.15) is 13.2 Å². The molecule has 138 valence electrons. The predicted molar refractivity (Wildman–Crippen MR) is 88.6 cm³/mol. The molecule has 0 radical (unpaired) electrons. The summed E-state index contributed by atoms with van der Waals surface area (Å²) in [6, 6.07) is 1.15. The molecule has 1 aromatic heterocycles. The number of hydrogen-bond acceptors (Lipinski definition) is 2. The molecule has 2 unspecified atom stereocenters. The van der Waals surface area contributed by atoms with E-state index in [-0.39, 0.29) is 23.8 Å². The average molecular weight is 354 g/mol. The number of alkyl halides is 3. The van der Waals surface area contributed by atoms with E-state index in [4.69, 9.17) is 0 Å². The molecule has 3 nitrogen and oxygen atoms in total. The molecule has 1 aromatic rings. The van der Waals surface area contributed by atoms with Gasteiger partial charge in [-0.25, -0.2) is 0 Å². The number of carbonyl (C=O) groups is 1. The fraction of sp³-hybridized carbons (Fsp3) is 0.684. The number of hydrogen-bond donors (Lipinski definition) is 0. The van der Waals surface area contributed by atoms with Gasteiger partial charge in [0.1, 0.15) is 0 Å². The van der Waals surface area contributed by atoms with Gasteiger partial charge in [0, 0.05) is 31.4 Å². The van der Waals surface area contributed by atoms with Crippen molar-refractivity contribution in [3.8, 4) is 0 Å². The van der Waals surface area contributed by atoms with Gasteiger partial charge in [0.15, 0.2) is 0 Å². The molecule has 1 aliphatic heterocycles. The van der Waals surface area contributed by atoms with Gasteiger partial charge in [-0.05, 0) is 42.7 Å². The normalized spacial score (nSPS) is 26.8. The number of aromatic nitrogens is 1. The highest BCUT2D eigenvalue weighted by Crippen LogP contribution is 2.48. The standard InChI is InChI=1S/C19H25F3N2O/c1-12(2)18(6-4-13(3)9-18)17(25)24-7-5-16-14(11-24)8-15(10-23-16)19(20,21)22/h8,10,12-13H,4-7,9,11H2,1-3H3. The SMILES string of the molecule is CC1CCC(C(=O)N2CCc3ncc(C(F)(F)F)cc3C2)(C(C)C)C1. The summed E-state index contributed by atoms with van der Waals surface area (Å²) in [7, 11) is 0. The molecule has 0 saturated heterocycles. The molecule has 0 aromatic carbocycles. The minimum Gasteiger partial charge on any atom is -0.337 e. The first-order valence-corrected chi connectivity index (χ1v) is 8.98. The van der Waals surface area contributed by atoms with Gasteiger partial charge in [0.25, 0.3) is 0 Å². The highest BCUT2D eigenvalue weighted by Gasteiger charge is 2.48. The maximum Gasteiger partial charge on any atom is 0.417 e. The van der Waals surface area contributed by atoms with Crippen LogP contribution in [0.2, 0.25) is 0 Å². The van der Waals surface area contributed by atoms with Crippen LogP contribution in [-0.2, 0) is 23.9 Å². The van der Waals surface area contributed by atoms with E-state index in [2.05, 4.69) is 25.8 Å². The van der Waals surface area contributed by atoms with Gasteiger partial charge in [0.05, 0.1) is 11.0 Å². The van der Waals surface area contributed by atoms with Crippen LogP contribution in [-0.4, -0.2) is 22.3 Å². The van der Waals surface area contributed by atoms with E-state index in [1.165, 1.54) is 0 Å². The number of fused-ring (bicyclic) bond motifs is 1. The monoisotopic (exact) mass is 354 g/mol. The van der Waals surface area contributed by atoms with Gasteiger partial charge in [-0.1, -0.05) is 20.8 Å². The Morgan fingerprint density at radius 2 is 2.12 bits per heavy atom. The van der Waals surface area contributed by atoms with Crippen molar-refractivity contribution in [2.75, 3.05) is 6.54 Å². The van der Waals surface area contributed by atoms with Crippen molar-refractivity contribution in [3.63, 3.8) is 0 Å². The molecule has 1 fully saturated rings. The first-order chi connectivity index (χ1) is 11.6. The van der Waals surface area contributed by atoms with Gasteiger partial charge in [-0.3, -0.25) is 9.78 Å². The van der Waals surface area contributed by atoms with Crippen LogP contribution in [0, 0.1) is 17.3 Å². The predicted octanol–water partition coefficient (Wildman–Crippen LogP) is 4.45. The second-order valence-corrected chi connectivity index (χ2v) is 7.96. The summed E-state index contributed by atoms with van der Waals surface area (Å²) in [6.45, 7) is 7.09. The Labute approximate surface area is 146 Å². The van der Waals surface area contributed by atoms with Gasteiger partial charge < -0.3 is 4.90 Å². The van der Waals surface area contributed by atoms with Crippen molar-refractivity contribution in [2.24, 2.45) is 17.3 Å². The van der Waals surface area contributed by atoms with E-state index in [0.717, 1.165) is 31.5 Å². The average Bonchev–Trinajstić information content (AvgIpc) is 2.95. The lowest BCUT2D eigenvalue weighted by atomic mass is 9.73. The highest BCUT2D eigenvalue weighted by atomic mass is 19.4. The highest BCUT2D eigenvalue weighted by molar-refractivity contribution is 5.83. The Morgan fingerprint density at radius 1 is 1.40 bits per heavy atom. The molecule has 1 aliphatic carbocycles. The molecule has 25 heavy (non-hydrogen) atoms. The Morgan fingerprint density at radius 3 is 2.68 bits per heavy atom. The lowest BCUT2D eigenvalue weighted by Gasteiger charge is -2.39. The van der Waals surface area contributed by atoms with Crippen molar-refractivity contribution in [1.82, 2.24) is 9.88 Å². The van der Waals surface area contributed by atoms with Crippen LogP contribution in [0.5, 0.6) is 0 Å². The van der Waals surface area contributed by atoms with Crippen LogP contribution >= 0.6 is 0 Å². The van der Waals surface area contributed by atoms with Crippen LogP contribution in [0.4, 0.5) is 13.2 Å². The van der Waals surface area contributed by atoms with Crippen molar-refractivity contribution >= 4 is 5.91 Å². The minimum atomic E-state index is -4.41. The Bertz CT molecular complexity index is 671. The van der Waals surface area contributed by atoms with Crippen LogP contribution < -0.4 is 0 Å². The maximum atomic E-state index is 13.3. The number of amides is 1. The molecule has 2 atom stereocenters. The minimum absolute atomic E-state index is 0.106. The van der Waals surface area contributed by atoms with E-state index in [1.54, 1.807) is 4.90 Å². The summed E-state index contributed by atoms with van der Waals surface area (Å²) >= 11 is 0. The van der Waals surface area contributed by atoms with Crippen molar-refractivity contribution < 1.29 is 18.0 Å². The second kappa shape index (κ2) is 6.29. The van der Waals surface area contributed by atoms with Crippen LogP contribution in [0.15, 0.2) is 12.3 Å². The van der Waals surface area contributed by atoms with E-state index in [9.17, 15) is 18.0 Å². The number of nitrogens with zero attached hydrogens (tertiary/aromatic N) is 2. The molecule has 2 aliphatic rings. The Kier molecular flexibility index (Phi) is 4.58. The van der Waals surface area contributed by atoms with E-state index < -0.39 is 11.7 Å². The number of halogens is 3. The Hall–Kier alpha value is -1.59. The number of rotatable bonds is 2. The van der Waals surface area contributed by atoms with Gasteiger partial charge in [0.2, 0.25) is 5.91 Å². The molecule has 1 amide bonds. The first kappa shape index (κ1) is 18.2. The zero-order chi connectivity index (χ0) is 18.4. The molecule has 0 spiro atoms. The second-order valence-electron chi connectivity index (χ2n) is 7.96. The summed E-state index contributed by atoms with van der Waals surface area (Å²) in [5, 5.41) is 0. The molecule has 6 heteroatoms. The number of pyridine rings is 1. The molecule has 0 N–H and O–H groups in total. The smallest absolute Gasteiger partial charge is 0.337 e. The van der Waals surface area contributed by atoms with E-state index >= 15 is 0 Å². The summed E-state index contributed by atoms with van der Waals surface area (Å²) in [6.07, 6.45) is -0.224. The zero-order valence-corrected chi connectivity index (χ0v) is 15.0. The van der Waals surface area contributed by atoms with E-state index in [0.29, 0.717) is 30.1 Å². The summed E-state index contributed by atoms with van der Waals surface area (Å²) in [5.74, 6) is 0.850. The third-order valence-corrected chi connectivity index (χ3v) is 5.98. The summed E-state index contributed by atoms with van der Waals surface area (Å²) in [5.41, 5.74) is 0.0924. The van der Waals surface area contributed by atoms with Gasteiger partial charge in [-0.15, -0.1) is 0 Å². The third kappa shape index (κ3) is 3.27. The van der Waals surface area contributed by atoms with E-state index in [1.807, 2.05) is 0 Å². The quantitative estimate of drug-likeness (QED) is 0.786. The van der Waals surface area contributed by atoms with Crippen molar-refractivity contribution in [3.05, 3.63) is 29.1 Å². The third-order valence-electron chi connectivity index (χ3n) is 5.98. The largest absolute Gasteiger partial charge is 0.417 e. The lowest BCUT2D eigenvalue weighted by molar-refractivity contribution is -0.146. The maximum absolute atomic E-state index is 13.3.